The van der Waals surface area contributed by atoms with Crippen LogP contribution in [-0.2, 0) is 4.79 Å². The summed E-state index contributed by atoms with van der Waals surface area (Å²) in [4.78, 5) is 22.3. The second-order valence-corrected chi connectivity index (χ2v) is 6.36. The maximum atomic E-state index is 12.0. The summed E-state index contributed by atoms with van der Waals surface area (Å²) in [6, 6.07) is 19.7. The zero-order valence-electron chi connectivity index (χ0n) is 15.5. The number of ether oxygens (including phenoxy) is 2. The Kier molecular flexibility index (Phi) is 5.69. The molecular weight excluding hydrogens is 358 g/mol. The molecule has 0 aliphatic heterocycles. The summed E-state index contributed by atoms with van der Waals surface area (Å²) in [5.41, 5.74) is 3.77. The molecule has 3 aromatic rings. The molecule has 3 aromatic carbocycles. The van der Waals surface area contributed by atoms with Crippen LogP contribution in [0.2, 0.25) is 0 Å². The van der Waals surface area contributed by atoms with Gasteiger partial charge in [0.2, 0.25) is 0 Å². The Balaban J connectivity index is 1.57. The number of hydrogen-bond donors (Lipinski definition) is 0. The van der Waals surface area contributed by atoms with Crippen molar-refractivity contribution in [1.29, 1.82) is 0 Å². The molecule has 0 atom stereocenters. The lowest BCUT2D eigenvalue weighted by atomic mass is 10.0. The summed E-state index contributed by atoms with van der Waals surface area (Å²) in [5, 5.41) is 10.8. The zero-order valence-corrected chi connectivity index (χ0v) is 15.5. The first-order valence-corrected chi connectivity index (χ1v) is 8.68. The van der Waals surface area contributed by atoms with E-state index in [9.17, 15) is 14.9 Å². The second kappa shape index (κ2) is 8.35. The van der Waals surface area contributed by atoms with Gasteiger partial charge in [-0.15, -0.1) is 0 Å². The molecule has 0 aliphatic rings. The number of nitrogens with zero attached hydrogens (tertiary/aromatic N) is 1. The quantitative estimate of drug-likeness (QED) is 0.265. The molecule has 0 unspecified atom stereocenters. The van der Waals surface area contributed by atoms with Crippen molar-refractivity contribution in [3.63, 3.8) is 0 Å². The van der Waals surface area contributed by atoms with Crippen LogP contribution in [0.4, 0.5) is 5.69 Å². The molecule has 0 spiro atoms. The van der Waals surface area contributed by atoms with E-state index >= 15 is 0 Å². The van der Waals surface area contributed by atoms with Crippen molar-refractivity contribution in [2.24, 2.45) is 0 Å². The van der Waals surface area contributed by atoms with Crippen LogP contribution in [0.15, 0.2) is 66.7 Å². The summed E-state index contributed by atoms with van der Waals surface area (Å²) in [6.07, 6.45) is 0. The van der Waals surface area contributed by atoms with E-state index in [1.54, 1.807) is 19.1 Å². The maximum Gasteiger partial charge on any atom is 0.349 e. The molecule has 0 N–H and O–H groups in total. The van der Waals surface area contributed by atoms with Crippen LogP contribution >= 0.6 is 0 Å². The number of esters is 1. The summed E-state index contributed by atoms with van der Waals surface area (Å²) >= 11 is 0. The van der Waals surface area contributed by atoms with Crippen molar-refractivity contribution in [1.82, 2.24) is 0 Å². The van der Waals surface area contributed by atoms with Crippen LogP contribution in [-0.4, -0.2) is 17.5 Å². The first kappa shape index (κ1) is 19.1. The van der Waals surface area contributed by atoms with Gasteiger partial charge in [0, 0.05) is 11.6 Å². The highest BCUT2D eigenvalue weighted by atomic mass is 16.6. The molecule has 0 saturated carbocycles. The SMILES string of the molecule is Cc1ccc(-c2ccc(OC(=O)COc3ccc([N+](=O)[O-])c(C)c3)cc2)cc1. The fraction of sp³-hybridized carbons (Fsp3) is 0.136. The Morgan fingerprint density at radius 2 is 1.46 bits per heavy atom. The Morgan fingerprint density at radius 3 is 2.04 bits per heavy atom. The molecule has 3 rings (SSSR count). The summed E-state index contributed by atoms with van der Waals surface area (Å²) in [7, 11) is 0. The number of hydrogen-bond acceptors (Lipinski definition) is 5. The van der Waals surface area contributed by atoms with Crippen molar-refractivity contribution in [3.05, 3.63) is 88.0 Å². The van der Waals surface area contributed by atoms with Crippen molar-refractivity contribution in [2.75, 3.05) is 6.61 Å². The largest absolute Gasteiger partial charge is 0.482 e. The van der Waals surface area contributed by atoms with Gasteiger partial charge in [0.1, 0.15) is 11.5 Å². The smallest absolute Gasteiger partial charge is 0.349 e. The fourth-order valence-electron chi connectivity index (χ4n) is 2.69. The van der Waals surface area contributed by atoms with Crippen LogP contribution in [0.5, 0.6) is 11.5 Å². The molecule has 0 radical (unpaired) electrons. The van der Waals surface area contributed by atoms with Crippen LogP contribution < -0.4 is 9.47 Å². The number of benzene rings is 3. The summed E-state index contributed by atoms with van der Waals surface area (Å²) < 4.78 is 10.6. The minimum Gasteiger partial charge on any atom is -0.482 e. The zero-order chi connectivity index (χ0) is 20.1. The molecule has 142 valence electrons. The third kappa shape index (κ3) is 4.73. The van der Waals surface area contributed by atoms with Gasteiger partial charge in [-0.3, -0.25) is 10.1 Å². The van der Waals surface area contributed by atoms with Gasteiger partial charge >= 0.3 is 5.97 Å². The van der Waals surface area contributed by atoms with E-state index in [1.165, 1.54) is 23.8 Å². The molecule has 6 nitrogen and oxygen atoms in total. The first-order chi connectivity index (χ1) is 13.4. The monoisotopic (exact) mass is 377 g/mol. The van der Waals surface area contributed by atoms with Crippen LogP contribution in [0.1, 0.15) is 11.1 Å². The van der Waals surface area contributed by atoms with E-state index in [0.29, 0.717) is 17.1 Å². The third-order valence-corrected chi connectivity index (χ3v) is 4.19. The number of carbonyl (C=O) groups is 1. The van der Waals surface area contributed by atoms with E-state index in [0.717, 1.165) is 11.1 Å². The molecule has 0 aromatic heterocycles. The summed E-state index contributed by atoms with van der Waals surface area (Å²) in [6.45, 7) is 3.35. The van der Waals surface area contributed by atoms with Gasteiger partial charge in [-0.25, -0.2) is 4.79 Å². The Morgan fingerprint density at radius 1 is 0.893 bits per heavy atom. The second-order valence-electron chi connectivity index (χ2n) is 6.36. The van der Waals surface area contributed by atoms with E-state index < -0.39 is 10.9 Å². The number of rotatable bonds is 6. The predicted octanol–water partition coefficient (Wildman–Crippen LogP) is 4.86. The Hall–Kier alpha value is -3.67. The van der Waals surface area contributed by atoms with Crippen molar-refractivity contribution < 1.29 is 19.2 Å². The van der Waals surface area contributed by atoms with E-state index in [4.69, 9.17) is 9.47 Å². The molecule has 28 heavy (non-hydrogen) atoms. The Labute approximate surface area is 162 Å². The van der Waals surface area contributed by atoms with Crippen molar-refractivity contribution in [3.8, 4) is 22.6 Å². The number of carbonyl (C=O) groups excluding carboxylic acids is 1. The molecule has 0 saturated heterocycles. The van der Waals surface area contributed by atoms with Crippen LogP contribution in [0, 0.1) is 24.0 Å². The van der Waals surface area contributed by atoms with Gasteiger partial charge in [-0.2, -0.15) is 0 Å². The average molecular weight is 377 g/mol. The van der Waals surface area contributed by atoms with Gasteiger partial charge in [0.05, 0.1) is 4.92 Å². The highest BCUT2D eigenvalue weighted by Crippen LogP contribution is 2.24. The summed E-state index contributed by atoms with van der Waals surface area (Å²) in [5.74, 6) is 0.234. The lowest BCUT2D eigenvalue weighted by Gasteiger charge is -2.08. The first-order valence-electron chi connectivity index (χ1n) is 8.68. The number of nitro benzene ring substituents is 1. The predicted molar refractivity (Wildman–Crippen MR) is 106 cm³/mol. The lowest BCUT2D eigenvalue weighted by Crippen LogP contribution is -2.17. The normalized spacial score (nSPS) is 10.4. The molecule has 0 bridgehead atoms. The third-order valence-electron chi connectivity index (χ3n) is 4.19. The lowest BCUT2D eigenvalue weighted by molar-refractivity contribution is -0.385. The molecule has 0 aliphatic carbocycles. The fourth-order valence-corrected chi connectivity index (χ4v) is 2.69. The van der Waals surface area contributed by atoms with Crippen LogP contribution in [0.25, 0.3) is 11.1 Å². The molecular formula is C22H19NO5. The molecule has 0 amide bonds. The molecule has 0 fully saturated rings. The average Bonchev–Trinajstić information content (AvgIpc) is 2.67. The minimum atomic E-state index is -0.556. The maximum absolute atomic E-state index is 12.0. The topological polar surface area (TPSA) is 78.7 Å². The number of aryl methyl sites for hydroxylation is 2. The van der Waals surface area contributed by atoms with Crippen LogP contribution in [0.3, 0.4) is 0 Å². The van der Waals surface area contributed by atoms with E-state index in [2.05, 4.69) is 0 Å². The molecule has 0 heterocycles. The number of nitro groups is 1. The minimum absolute atomic E-state index is 0.00333. The highest BCUT2D eigenvalue weighted by Gasteiger charge is 2.12. The van der Waals surface area contributed by atoms with Gasteiger partial charge in [-0.1, -0.05) is 42.0 Å². The molecule has 6 heteroatoms. The Bertz CT molecular complexity index is 994. The van der Waals surface area contributed by atoms with E-state index in [1.807, 2.05) is 43.3 Å². The van der Waals surface area contributed by atoms with Gasteiger partial charge in [0.15, 0.2) is 6.61 Å². The van der Waals surface area contributed by atoms with Gasteiger partial charge < -0.3 is 9.47 Å². The van der Waals surface area contributed by atoms with Crippen molar-refractivity contribution in [2.45, 2.75) is 13.8 Å². The highest BCUT2D eigenvalue weighted by molar-refractivity contribution is 5.74. The van der Waals surface area contributed by atoms with Gasteiger partial charge in [0.25, 0.3) is 5.69 Å². The standard InChI is InChI=1S/C22H19NO5/c1-15-3-5-17(6-4-15)18-7-9-19(10-8-18)28-22(24)14-27-20-11-12-21(23(25)26)16(2)13-20/h3-13H,14H2,1-2H3. The van der Waals surface area contributed by atoms with Crippen molar-refractivity contribution >= 4 is 11.7 Å². The van der Waals surface area contributed by atoms with E-state index in [-0.39, 0.29) is 12.3 Å². The van der Waals surface area contributed by atoms with Gasteiger partial charge in [-0.05, 0) is 49.2 Å².